The van der Waals surface area contributed by atoms with E-state index in [-0.39, 0.29) is 46.8 Å². The van der Waals surface area contributed by atoms with Crippen molar-refractivity contribution in [3.05, 3.63) is 76.7 Å². The number of carbonyl (C=O) groups is 1. The van der Waals surface area contributed by atoms with Crippen molar-refractivity contribution in [1.29, 1.82) is 0 Å². The summed E-state index contributed by atoms with van der Waals surface area (Å²) in [6, 6.07) is 6.14. The number of benzene rings is 1. The van der Waals surface area contributed by atoms with Gasteiger partial charge in [0, 0.05) is 47.6 Å². The first-order chi connectivity index (χ1) is 17.6. The number of hydrogen-bond donors (Lipinski definition) is 3. The van der Waals surface area contributed by atoms with Crippen LogP contribution >= 0.6 is 11.6 Å². The van der Waals surface area contributed by atoms with E-state index in [4.69, 9.17) is 16.7 Å². The molecule has 192 valence electrons. The van der Waals surface area contributed by atoms with Gasteiger partial charge in [-0.1, -0.05) is 11.6 Å². The minimum absolute atomic E-state index is 0.0257. The molecule has 0 spiro atoms. The SMILES string of the molecule is Cc1cc(C(F)(F)F)nn1-c1nc(Nc2ccc(F)c(Cl)c2)ncc1-c1cncc(C(=O)NCCO)c1. The third kappa shape index (κ3) is 5.84. The van der Waals surface area contributed by atoms with Crippen LogP contribution in [0.5, 0.6) is 0 Å². The Morgan fingerprint density at radius 3 is 2.62 bits per heavy atom. The predicted octanol–water partition coefficient (Wildman–Crippen LogP) is 4.31. The predicted molar refractivity (Wildman–Crippen MR) is 126 cm³/mol. The number of alkyl halides is 3. The van der Waals surface area contributed by atoms with E-state index in [1.54, 1.807) is 0 Å². The van der Waals surface area contributed by atoms with Crippen LogP contribution in [0, 0.1) is 12.7 Å². The molecule has 0 saturated carbocycles. The lowest BCUT2D eigenvalue weighted by atomic mass is 10.1. The Morgan fingerprint density at radius 1 is 1.16 bits per heavy atom. The van der Waals surface area contributed by atoms with Crippen LogP contribution in [0.15, 0.2) is 48.9 Å². The van der Waals surface area contributed by atoms with E-state index in [0.717, 1.165) is 16.8 Å². The van der Waals surface area contributed by atoms with E-state index in [2.05, 4.69) is 30.7 Å². The van der Waals surface area contributed by atoms with Gasteiger partial charge in [-0.15, -0.1) is 0 Å². The summed E-state index contributed by atoms with van der Waals surface area (Å²) in [7, 11) is 0. The summed E-state index contributed by atoms with van der Waals surface area (Å²) in [5, 5.41) is 17.8. The van der Waals surface area contributed by atoms with Gasteiger partial charge in [-0.3, -0.25) is 9.78 Å². The van der Waals surface area contributed by atoms with Crippen LogP contribution in [-0.4, -0.2) is 48.9 Å². The van der Waals surface area contributed by atoms with Crippen molar-refractivity contribution in [3.63, 3.8) is 0 Å². The summed E-state index contributed by atoms with van der Waals surface area (Å²) in [5.41, 5.74) is 0.0478. The Hall–Kier alpha value is -4.10. The van der Waals surface area contributed by atoms with Crippen LogP contribution in [0.2, 0.25) is 5.02 Å². The highest BCUT2D eigenvalue weighted by molar-refractivity contribution is 6.31. The molecular weight excluding hydrogens is 518 g/mol. The maximum atomic E-state index is 13.5. The molecule has 0 fully saturated rings. The van der Waals surface area contributed by atoms with Gasteiger partial charge in [-0.2, -0.15) is 23.3 Å². The number of aliphatic hydroxyl groups is 1. The lowest BCUT2D eigenvalue weighted by molar-refractivity contribution is -0.141. The molecule has 4 rings (SSSR count). The number of aromatic nitrogens is 5. The Balaban J connectivity index is 1.82. The van der Waals surface area contributed by atoms with E-state index < -0.39 is 23.6 Å². The molecule has 9 nitrogen and oxygen atoms in total. The first-order valence-electron chi connectivity index (χ1n) is 10.6. The lowest BCUT2D eigenvalue weighted by Crippen LogP contribution is -2.26. The summed E-state index contributed by atoms with van der Waals surface area (Å²) < 4.78 is 54.6. The molecule has 0 unspecified atom stereocenters. The second-order valence-electron chi connectivity index (χ2n) is 7.71. The van der Waals surface area contributed by atoms with Gasteiger partial charge in [-0.25, -0.2) is 14.1 Å². The standard InChI is InChI=1S/C23H18ClF4N7O2/c1-12-6-19(23(26,27)28)34-35(12)20-16(13-7-14(10-29-9-13)21(37)30-4-5-36)11-31-22(33-20)32-15-2-3-18(25)17(24)8-15/h2-3,6-11,36H,4-5H2,1H3,(H,30,37)(H,31,32,33). The zero-order chi connectivity index (χ0) is 26.7. The van der Waals surface area contributed by atoms with Crippen molar-refractivity contribution < 1.29 is 27.5 Å². The number of nitrogens with zero attached hydrogens (tertiary/aromatic N) is 5. The largest absolute Gasteiger partial charge is 0.435 e. The summed E-state index contributed by atoms with van der Waals surface area (Å²) in [4.78, 5) is 25.0. The van der Waals surface area contributed by atoms with Gasteiger partial charge in [0.15, 0.2) is 11.5 Å². The number of aryl methyl sites for hydroxylation is 1. The van der Waals surface area contributed by atoms with E-state index in [0.29, 0.717) is 11.3 Å². The molecule has 1 amide bonds. The van der Waals surface area contributed by atoms with Crippen LogP contribution in [0.25, 0.3) is 16.9 Å². The van der Waals surface area contributed by atoms with E-state index in [9.17, 15) is 22.4 Å². The molecule has 4 aromatic rings. The molecule has 3 heterocycles. The fourth-order valence-corrected chi connectivity index (χ4v) is 3.49. The maximum Gasteiger partial charge on any atom is 0.435 e. The number of pyridine rings is 1. The highest BCUT2D eigenvalue weighted by Crippen LogP contribution is 2.32. The molecule has 0 atom stereocenters. The molecule has 1 aromatic carbocycles. The van der Waals surface area contributed by atoms with Gasteiger partial charge in [0.1, 0.15) is 5.82 Å². The molecule has 3 aromatic heterocycles. The molecule has 0 bridgehead atoms. The second kappa shape index (κ2) is 10.5. The fraction of sp³-hybridized carbons (Fsp3) is 0.174. The summed E-state index contributed by atoms with van der Waals surface area (Å²) in [6.07, 6.45) is -0.675. The van der Waals surface area contributed by atoms with Gasteiger partial charge in [-0.05, 0) is 37.3 Å². The summed E-state index contributed by atoms with van der Waals surface area (Å²) in [5.74, 6) is -1.21. The average Bonchev–Trinajstić information content (AvgIpc) is 3.27. The number of hydrogen-bond acceptors (Lipinski definition) is 7. The number of halogens is 5. The number of anilines is 2. The third-order valence-electron chi connectivity index (χ3n) is 5.03. The highest BCUT2D eigenvalue weighted by atomic mass is 35.5. The van der Waals surface area contributed by atoms with Crippen LogP contribution in [0.4, 0.5) is 29.2 Å². The monoisotopic (exact) mass is 535 g/mol. The smallest absolute Gasteiger partial charge is 0.395 e. The number of nitrogens with one attached hydrogen (secondary N) is 2. The van der Waals surface area contributed by atoms with Crippen molar-refractivity contribution in [2.75, 3.05) is 18.5 Å². The molecule has 0 aliphatic carbocycles. The zero-order valence-corrected chi connectivity index (χ0v) is 19.8. The minimum atomic E-state index is -4.69. The van der Waals surface area contributed by atoms with Crippen molar-refractivity contribution in [2.24, 2.45) is 0 Å². The Bertz CT molecular complexity index is 1460. The van der Waals surface area contributed by atoms with E-state index in [1.165, 1.54) is 43.7 Å². The van der Waals surface area contributed by atoms with Gasteiger partial charge < -0.3 is 15.7 Å². The van der Waals surface area contributed by atoms with Crippen LogP contribution < -0.4 is 10.6 Å². The van der Waals surface area contributed by atoms with E-state index in [1.807, 2.05) is 0 Å². The van der Waals surface area contributed by atoms with Crippen molar-refractivity contribution in [2.45, 2.75) is 13.1 Å². The summed E-state index contributed by atoms with van der Waals surface area (Å²) >= 11 is 5.82. The van der Waals surface area contributed by atoms with Gasteiger partial charge in [0.25, 0.3) is 5.91 Å². The molecule has 0 aliphatic heterocycles. The average molecular weight is 536 g/mol. The Labute approximate surface area is 212 Å². The molecule has 37 heavy (non-hydrogen) atoms. The summed E-state index contributed by atoms with van der Waals surface area (Å²) in [6.45, 7) is 1.20. The second-order valence-corrected chi connectivity index (χ2v) is 8.11. The van der Waals surface area contributed by atoms with Gasteiger partial charge in [0.05, 0.1) is 17.2 Å². The molecule has 3 N–H and O–H groups in total. The Morgan fingerprint density at radius 2 is 1.95 bits per heavy atom. The van der Waals surface area contributed by atoms with Crippen molar-refractivity contribution in [3.8, 4) is 16.9 Å². The van der Waals surface area contributed by atoms with Gasteiger partial charge in [0.2, 0.25) is 5.95 Å². The number of amides is 1. The first-order valence-corrected chi connectivity index (χ1v) is 11.0. The molecule has 14 heteroatoms. The highest BCUT2D eigenvalue weighted by Gasteiger charge is 2.35. The van der Waals surface area contributed by atoms with E-state index >= 15 is 0 Å². The normalized spacial score (nSPS) is 11.4. The zero-order valence-electron chi connectivity index (χ0n) is 19.0. The van der Waals surface area contributed by atoms with Crippen LogP contribution in [-0.2, 0) is 6.18 Å². The minimum Gasteiger partial charge on any atom is -0.395 e. The molecular formula is C23H18ClF4N7O2. The number of aliphatic hydroxyl groups excluding tert-OH is 1. The number of rotatable bonds is 7. The van der Waals surface area contributed by atoms with Gasteiger partial charge >= 0.3 is 6.18 Å². The third-order valence-corrected chi connectivity index (χ3v) is 5.32. The molecule has 0 saturated heterocycles. The molecule has 0 radical (unpaired) electrons. The van der Waals surface area contributed by atoms with Crippen LogP contribution in [0.3, 0.4) is 0 Å². The maximum absolute atomic E-state index is 13.5. The van der Waals surface area contributed by atoms with Crippen LogP contribution in [0.1, 0.15) is 21.7 Å². The van der Waals surface area contributed by atoms with Crippen molar-refractivity contribution in [1.82, 2.24) is 30.0 Å². The quantitative estimate of drug-likeness (QED) is 0.302. The molecule has 0 aliphatic rings. The lowest BCUT2D eigenvalue weighted by Gasteiger charge is -2.13. The Kier molecular flexibility index (Phi) is 7.36. The fourth-order valence-electron chi connectivity index (χ4n) is 3.31. The first kappa shape index (κ1) is 26.0. The topological polar surface area (TPSA) is 118 Å². The van der Waals surface area contributed by atoms with Crippen molar-refractivity contribution >= 4 is 29.1 Å². The number of carbonyl (C=O) groups excluding carboxylic acids is 1.